The van der Waals surface area contributed by atoms with Gasteiger partial charge in [0, 0.05) is 20.0 Å². The lowest BCUT2D eigenvalue weighted by Gasteiger charge is -2.44. The molecule has 0 aliphatic carbocycles. The highest BCUT2D eigenvalue weighted by Crippen LogP contribution is 2.22. The quantitative estimate of drug-likeness (QED) is 0.565. The van der Waals surface area contributed by atoms with Crippen molar-refractivity contribution in [1.82, 2.24) is 10.2 Å². The molecule has 2 aliphatic rings. The highest BCUT2D eigenvalue weighted by atomic mass is 16.4. The van der Waals surface area contributed by atoms with Gasteiger partial charge in [-0.05, 0) is 32.2 Å². The van der Waals surface area contributed by atoms with E-state index in [0.29, 0.717) is 0 Å². The lowest BCUT2D eigenvalue weighted by atomic mass is 10.1. The van der Waals surface area contributed by atoms with Gasteiger partial charge in [0.2, 0.25) is 0 Å². The Balaban J connectivity index is 0.000000280. The average molecular weight is 229 g/mol. The van der Waals surface area contributed by atoms with E-state index in [9.17, 15) is 0 Å². The van der Waals surface area contributed by atoms with Crippen LogP contribution in [0.5, 0.6) is 0 Å². The molecule has 2 aliphatic heterocycles. The molecule has 0 amide bonds. The molecule has 5 heteroatoms. The van der Waals surface area contributed by atoms with Crippen LogP contribution in [0.3, 0.4) is 0 Å². The molecule has 1 unspecified atom stereocenters. The zero-order chi connectivity index (χ0) is 12.0. The smallest absolute Gasteiger partial charge is 0.300 e. The number of hydrogen-bond acceptors (Lipinski definition) is 4. The minimum atomic E-state index is -0.833. The summed E-state index contributed by atoms with van der Waals surface area (Å²) < 4.78 is 0. The van der Waals surface area contributed by atoms with Crippen LogP contribution in [-0.2, 0) is 4.79 Å². The fraction of sp³-hybridized carbons (Fsp3) is 0.909. The molecule has 2 saturated heterocycles. The van der Waals surface area contributed by atoms with Crippen molar-refractivity contribution in [2.75, 3.05) is 19.6 Å². The van der Waals surface area contributed by atoms with Gasteiger partial charge in [-0.3, -0.25) is 15.0 Å². The number of rotatable bonds is 0. The van der Waals surface area contributed by atoms with Crippen LogP contribution in [0.1, 0.15) is 39.0 Å². The van der Waals surface area contributed by atoms with Gasteiger partial charge in [0.25, 0.3) is 5.97 Å². The van der Waals surface area contributed by atoms with Crippen molar-refractivity contribution in [2.24, 2.45) is 5.73 Å². The second-order valence-electron chi connectivity index (χ2n) is 4.52. The van der Waals surface area contributed by atoms with E-state index in [2.05, 4.69) is 10.2 Å². The van der Waals surface area contributed by atoms with Gasteiger partial charge in [-0.15, -0.1) is 0 Å². The van der Waals surface area contributed by atoms with Gasteiger partial charge in [0.1, 0.15) is 5.79 Å². The van der Waals surface area contributed by atoms with Crippen molar-refractivity contribution in [1.29, 1.82) is 0 Å². The summed E-state index contributed by atoms with van der Waals surface area (Å²) in [5, 5.41) is 10.9. The van der Waals surface area contributed by atoms with E-state index < -0.39 is 5.97 Å². The van der Waals surface area contributed by atoms with E-state index in [-0.39, 0.29) is 5.79 Å². The van der Waals surface area contributed by atoms with Crippen molar-refractivity contribution < 1.29 is 9.90 Å². The molecular weight excluding hydrogens is 206 g/mol. The maximum absolute atomic E-state index is 9.00. The van der Waals surface area contributed by atoms with Crippen molar-refractivity contribution in [3.63, 3.8) is 0 Å². The van der Waals surface area contributed by atoms with Gasteiger partial charge in [-0.2, -0.15) is 0 Å². The normalized spacial score (nSPS) is 30.6. The largest absolute Gasteiger partial charge is 0.481 e. The number of carboxylic acid groups (broad SMARTS) is 1. The molecule has 0 aromatic heterocycles. The van der Waals surface area contributed by atoms with Crippen LogP contribution in [0.2, 0.25) is 0 Å². The molecule has 2 heterocycles. The van der Waals surface area contributed by atoms with Gasteiger partial charge in [0.15, 0.2) is 0 Å². The number of fused-ring (bicyclic) bond motifs is 1. The summed E-state index contributed by atoms with van der Waals surface area (Å²) >= 11 is 0. The third-order valence-electron chi connectivity index (χ3n) is 3.09. The monoisotopic (exact) mass is 229 g/mol. The van der Waals surface area contributed by atoms with Crippen LogP contribution >= 0.6 is 0 Å². The highest BCUT2D eigenvalue weighted by Gasteiger charge is 2.34. The molecule has 0 saturated carbocycles. The van der Waals surface area contributed by atoms with Crippen molar-refractivity contribution >= 4 is 5.97 Å². The Morgan fingerprint density at radius 3 is 2.62 bits per heavy atom. The van der Waals surface area contributed by atoms with Gasteiger partial charge >= 0.3 is 0 Å². The van der Waals surface area contributed by atoms with Crippen LogP contribution in [-0.4, -0.2) is 41.4 Å². The van der Waals surface area contributed by atoms with Crippen LogP contribution in [0, 0.1) is 0 Å². The molecule has 4 N–H and O–H groups in total. The number of aliphatic carboxylic acids is 1. The van der Waals surface area contributed by atoms with Gasteiger partial charge in [0.05, 0.1) is 0 Å². The standard InChI is InChI=1S/C9H19N3.C2H4O2/c10-9-5-2-1-3-7-12(9)8-4-6-11-9;1-2(3)4/h11H,1-8,10H2;1H3,(H,3,4). The lowest BCUT2D eigenvalue weighted by molar-refractivity contribution is -0.134. The van der Waals surface area contributed by atoms with E-state index in [1.807, 2.05) is 0 Å². The predicted octanol–water partition coefficient (Wildman–Crippen LogP) is 0.559. The predicted molar refractivity (Wildman–Crippen MR) is 62.9 cm³/mol. The first-order chi connectivity index (χ1) is 7.54. The first-order valence-electron chi connectivity index (χ1n) is 6.03. The van der Waals surface area contributed by atoms with Gasteiger partial charge in [-0.1, -0.05) is 6.42 Å². The average Bonchev–Trinajstić information content (AvgIpc) is 2.38. The lowest BCUT2D eigenvalue weighted by Crippen LogP contribution is -2.68. The number of nitrogens with two attached hydrogens (primary N) is 1. The number of carbonyl (C=O) groups is 1. The molecule has 2 rings (SSSR count). The zero-order valence-corrected chi connectivity index (χ0v) is 10.0. The molecule has 1 atom stereocenters. The van der Waals surface area contributed by atoms with E-state index in [0.717, 1.165) is 19.9 Å². The maximum atomic E-state index is 9.00. The molecule has 94 valence electrons. The first kappa shape index (κ1) is 13.4. The molecule has 16 heavy (non-hydrogen) atoms. The Morgan fingerprint density at radius 1 is 1.31 bits per heavy atom. The van der Waals surface area contributed by atoms with Crippen molar-refractivity contribution in [3.05, 3.63) is 0 Å². The topological polar surface area (TPSA) is 78.6 Å². The first-order valence-corrected chi connectivity index (χ1v) is 6.03. The number of nitrogens with zero attached hydrogens (tertiary/aromatic N) is 1. The summed E-state index contributed by atoms with van der Waals surface area (Å²) in [4.78, 5) is 11.4. The minimum Gasteiger partial charge on any atom is -0.481 e. The van der Waals surface area contributed by atoms with Crippen molar-refractivity contribution in [3.8, 4) is 0 Å². The number of hydrogen-bond donors (Lipinski definition) is 3. The van der Waals surface area contributed by atoms with Crippen LogP contribution in [0.25, 0.3) is 0 Å². The summed E-state index contributed by atoms with van der Waals surface area (Å²) in [6.07, 6.45) is 6.31. The molecule has 2 fully saturated rings. The molecule has 0 spiro atoms. The summed E-state index contributed by atoms with van der Waals surface area (Å²) in [5.41, 5.74) is 6.28. The third kappa shape index (κ3) is 4.08. The Morgan fingerprint density at radius 2 is 1.94 bits per heavy atom. The second-order valence-corrected chi connectivity index (χ2v) is 4.52. The molecule has 0 bridgehead atoms. The fourth-order valence-corrected chi connectivity index (χ4v) is 2.32. The Kier molecular flexibility index (Phi) is 5.18. The molecule has 0 aromatic carbocycles. The second kappa shape index (κ2) is 6.18. The molecule has 0 aromatic rings. The van der Waals surface area contributed by atoms with E-state index >= 15 is 0 Å². The Bertz CT molecular complexity index is 231. The summed E-state index contributed by atoms with van der Waals surface area (Å²) in [5.74, 6) is -0.991. The molecular formula is C11H23N3O2. The highest BCUT2D eigenvalue weighted by molar-refractivity contribution is 5.62. The van der Waals surface area contributed by atoms with Gasteiger partial charge < -0.3 is 10.8 Å². The zero-order valence-electron chi connectivity index (χ0n) is 10.0. The van der Waals surface area contributed by atoms with E-state index in [1.165, 1.54) is 38.8 Å². The summed E-state index contributed by atoms with van der Waals surface area (Å²) in [6, 6.07) is 0. The van der Waals surface area contributed by atoms with Crippen molar-refractivity contribution in [2.45, 2.75) is 44.8 Å². The fourth-order valence-electron chi connectivity index (χ4n) is 2.32. The maximum Gasteiger partial charge on any atom is 0.300 e. The van der Waals surface area contributed by atoms with E-state index in [1.54, 1.807) is 0 Å². The SMILES string of the molecule is CC(=O)O.NC12CCCCCN1CCCN2. The molecule has 5 nitrogen and oxygen atoms in total. The molecule has 0 radical (unpaired) electrons. The number of carboxylic acids is 1. The van der Waals surface area contributed by atoms with Crippen LogP contribution < -0.4 is 11.1 Å². The van der Waals surface area contributed by atoms with Crippen LogP contribution in [0.4, 0.5) is 0 Å². The summed E-state index contributed by atoms with van der Waals surface area (Å²) in [6.45, 7) is 4.54. The minimum absolute atomic E-state index is 0.158. The van der Waals surface area contributed by atoms with Crippen LogP contribution in [0.15, 0.2) is 0 Å². The Labute approximate surface area is 97.0 Å². The third-order valence-corrected chi connectivity index (χ3v) is 3.09. The van der Waals surface area contributed by atoms with E-state index in [4.69, 9.17) is 15.6 Å². The Hall–Kier alpha value is -0.650. The number of nitrogens with one attached hydrogen (secondary N) is 1. The van der Waals surface area contributed by atoms with Gasteiger partial charge in [-0.25, -0.2) is 0 Å². The summed E-state index contributed by atoms with van der Waals surface area (Å²) in [7, 11) is 0.